The fraction of sp³-hybridized carbons (Fsp3) is 0.0500. The molecule has 0 atom stereocenters. The standard InChI is InChI=1S/C20H11F4N3O2S/c21-11-3-1-10(2-4-11)12-8-30-20-16(12)19(25-9-26-20)29-7-15(28)27-14-6-5-13(22)17(23)18(14)24/h1-6,8-9H,7H2,(H,27,28). The van der Waals surface area contributed by atoms with Crippen molar-refractivity contribution in [3.8, 4) is 17.0 Å². The molecule has 0 saturated carbocycles. The van der Waals surface area contributed by atoms with Crippen LogP contribution in [0.4, 0.5) is 23.2 Å². The van der Waals surface area contributed by atoms with Crippen molar-refractivity contribution >= 4 is 33.1 Å². The Morgan fingerprint density at radius 1 is 1.00 bits per heavy atom. The predicted molar refractivity (Wildman–Crippen MR) is 103 cm³/mol. The summed E-state index contributed by atoms with van der Waals surface area (Å²) in [5, 5.41) is 4.45. The first-order valence-electron chi connectivity index (χ1n) is 8.48. The summed E-state index contributed by atoms with van der Waals surface area (Å²) in [5.41, 5.74) is 0.881. The van der Waals surface area contributed by atoms with Crippen molar-refractivity contribution in [3.63, 3.8) is 0 Å². The number of ether oxygens (including phenoxy) is 1. The molecule has 2 aromatic carbocycles. The molecule has 1 amide bonds. The summed E-state index contributed by atoms with van der Waals surface area (Å²) in [6.07, 6.45) is 1.26. The normalized spacial score (nSPS) is 10.9. The highest BCUT2D eigenvalue weighted by Gasteiger charge is 2.18. The molecule has 0 saturated heterocycles. The van der Waals surface area contributed by atoms with Gasteiger partial charge >= 0.3 is 0 Å². The number of aromatic nitrogens is 2. The van der Waals surface area contributed by atoms with E-state index in [-0.39, 0.29) is 11.7 Å². The molecular formula is C20H11F4N3O2S. The van der Waals surface area contributed by atoms with Crippen LogP contribution in [0.5, 0.6) is 5.88 Å². The predicted octanol–water partition coefficient (Wildman–Crippen LogP) is 4.93. The van der Waals surface area contributed by atoms with Gasteiger partial charge in [0.05, 0.1) is 11.1 Å². The number of carbonyl (C=O) groups is 1. The molecule has 0 aliphatic heterocycles. The topological polar surface area (TPSA) is 64.1 Å². The number of nitrogens with one attached hydrogen (secondary N) is 1. The maximum Gasteiger partial charge on any atom is 0.262 e. The van der Waals surface area contributed by atoms with E-state index in [1.54, 1.807) is 17.5 Å². The number of thiophene rings is 1. The average Bonchev–Trinajstić information content (AvgIpc) is 3.18. The Bertz CT molecular complexity index is 1250. The van der Waals surface area contributed by atoms with Crippen molar-refractivity contribution in [1.29, 1.82) is 0 Å². The third-order valence-corrected chi connectivity index (χ3v) is 5.03. The molecule has 30 heavy (non-hydrogen) atoms. The van der Waals surface area contributed by atoms with Gasteiger partial charge in [0.25, 0.3) is 5.91 Å². The zero-order valence-corrected chi connectivity index (χ0v) is 15.8. The van der Waals surface area contributed by atoms with Crippen LogP contribution in [0, 0.1) is 23.3 Å². The second-order valence-electron chi connectivity index (χ2n) is 6.08. The summed E-state index contributed by atoms with van der Waals surface area (Å²) in [7, 11) is 0. The second-order valence-corrected chi connectivity index (χ2v) is 6.93. The van der Waals surface area contributed by atoms with Crippen LogP contribution >= 0.6 is 11.3 Å². The highest BCUT2D eigenvalue weighted by atomic mass is 32.1. The van der Waals surface area contributed by atoms with Gasteiger partial charge in [-0.2, -0.15) is 0 Å². The number of rotatable bonds is 5. The Kier molecular flexibility index (Phi) is 5.32. The van der Waals surface area contributed by atoms with Crippen LogP contribution in [0.1, 0.15) is 0 Å². The number of fused-ring (bicyclic) bond motifs is 1. The molecule has 2 aromatic heterocycles. The van der Waals surface area contributed by atoms with Crippen LogP contribution in [0.2, 0.25) is 0 Å². The Labute approximate surface area is 171 Å². The molecule has 10 heteroatoms. The van der Waals surface area contributed by atoms with Gasteiger partial charge in [-0.25, -0.2) is 27.5 Å². The maximum atomic E-state index is 13.7. The SMILES string of the molecule is O=C(COc1ncnc2scc(-c3ccc(F)cc3)c12)Nc1ccc(F)c(F)c1F. The van der Waals surface area contributed by atoms with Gasteiger partial charge in [0.2, 0.25) is 5.88 Å². The number of nitrogens with zero attached hydrogens (tertiary/aromatic N) is 2. The lowest BCUT2D eigenvalue weighted by molar-refractivity contribution is -0.118. The van der Waals surface area contributed by atoms with Crippen molar-refractivity contribution in [2.45, 2.75) is 0 Å². The summed E-state index contributed by atoms with van der Waals surface area (Å²) in [4.78, 5) is 20.9. The third kappa shape index (κ3) is 3.81. The van der Waals surface area contributed by atoms with Gasteiger partial charge in [-0.15, -0.1) is 11.3 Å². The van der Waals surface area contributed by atoms with E-state index in [1.165, 1.54) is 29.8 Å². The van der Waals surface area contributed by atoms with E-state index in [1.807, 2.05) is 0 Å². The average molecular weight is 433 g/mol. The van der Waals surface area contributed by atoms with Crippen molar-refractivity contribution < 1.29 is 27.1 Å². The highest BCUT2D eigenvalue weighted by molar-refractivity contribution is 7.17. The van der Waals surface area contributed by atoms with E-state index in [0.717, 1.165) is 6.07 Å². The molecule has 0 aliphatic carbocycles. The molecule has 0 bridgehead atoms. The number of carbonyl (C=O) groups excluding carboxylic acids is 1. The summed E-state index contributed by atoms with van der Waals surface area (Å²) < 4.78 is 58.7. The highest BCUT2D eigenvalue weighted by Crippen LogP contribution is 2.37. The van der Waals surface area contributed by atoms with Crippen molar-refractivity contribution in [3.05, 3.63) is 71.4 Å². The van der Waals surface area contributed by atoms with Gasteiger partial charge in [0, 0.05) is 10.9 Å². The largest absolute Gasteiger partial charge is 0.467 e. The van der Waals surface area contributed by atoms with E-state index in [2.05, 4.69) is 15.3 Å². The Hall–Kier alpha value is -3.53. The molecule has 0 spiro atoms. The zero-order valence-electron chi connectivity index (χ0n) is 15.0. The summed E-state index contributed by atoms with van der Waals surface area (Å²) >= 11 is 1.32. The quantitative estimate of drug-likeness (QED) is 0.358. The molecule has 1 N–H and O–H groups in total. The minimum atomic E-state index is -1.69. The van der Waals surface area contributed by atoms with Crippen LogP contribution in [0.15, 0.2) is 48.1 Å². The van der Waals surface area contributed by atoms with E-state index in [9.17, 15) is 22.4 Å². The van der Waals surface area contributed by atoms with E-state index in [0.29, 0.717) is 27.4 Å². The first-order chi connectivity index (χ1) is 14.4. The van der Waals surface area contributed by atoms with Gasteiger partial charge in [0.15, 0.2) is 24.1 Å². The number of hydrogen-bond donors (Lipinski definition) is 1. The molecular weight excluding hydrogens is 422 g/mol. The number of hydrogen-bond acceptors (Lipinski definition) is 5. The molecule has 0 unspecified atom stereocenters. The molecule has 4 aromatic rings. The van der Waals surface area contributed by atoms with E-state index >= 15 is 0 Å². The first-order valence-corrected chi connectivity index (χ1v) is 9.36. The Morgan fingerprint density at radius 3 is 2.53 bits per heavy atom. The van der Waals surface area contributed by atoms with Gasteiger partial charge < -0.3 is 10.1 Å². The minimum absolute atomic E-state index is 0.0986. The van der Waals surface area contributed by atoms with E-state index in [4.69, 9.17) is 4.74 Å². The van der Waals surface area contributed by atoms with Crippen LogP contribution in [0.25, 0.3) is 21.3 Å². The molecule has 0 aliphatic rings. The van der Waals surface area contributed by atoms with Crippen LogP contribution in [-0.2, 0) is 4.79 Å². The summed E-state index contributed by atoms with van der Waals surface area (Å²) in [6.45, 7) is -0.566. The van der Waals surface area contributed by atoms with Gasteiger partial charge in [-0.05, 0) is 29.8 Å². The Morgan fingerprint density at radius 2 is 1.77 bits per heavy atom. The van der Waals surface area contributed by atoms with Crippen molar-refractivity contribution in [1.82, 2.24) is 9.97 Å². The molecule has 152 valence electrons. The van der Waals surface area contributed by atoms with Gasteiger partial charge in [-0.3, -0.25) is 4.79 Å². The summed E-state index contributed by atoms with van der Waals surface area (Å²) in [6, 6.07) is 7.40. The molecule has 5 nitrogen and oxygen atoms in total. The number of benzene rings is 2. The minimum Gasteiger partial charge on any atom is -0.467 e. The van der Waals surface area contributed by atoms with Crippen molar-refractivity contribution in [2.24, 2.45) is 0 Å². The Balaban J connectivity index is 1.56. The number of anilines is 1. The fourth-order valence-electron chi connectivity index (χ4n) is 2.74. The monoisotopic (exact) mass is 433 g/mol. The second kappa shape index (κ2) is 8.07. The van der Waals surface area contributed by atoms with Crippen LogP contribution in [-0.4, -0.2) is 22.5 Å². The van der Waals surface area contributed by atoms with Crippen LogP contribution < -0.4 is 10.1 Å². The molecule has 0 radical (unpaired) electrons. The van der Waals surface area contributed by atoms with Crippen LogP contribution in [0.3, 0.4) is 0 Å². The maximum absolute atomic E-state index is 13.7. The number of halogens is 4. The molecule has 0 fully saturated rings. The number of amides is 1. The third-order valence-electron chi connectivity index (χ3n) is 4.14. The smallest absolute Gasteiger partial charge is 0.262 e. The van der Waals surface area contributed by atoms with Gasteiger partial charge in [-0.1, -0.05) is 12.1 Å². The lowest BCUT2D eigenvalue weighted by atomic mass is 10.1. The molecule has 2 heterocycles. The lowest BCUT2D eigenvalue weighted by Gasteiger charge is -2.09. The van der Waals surface area contributed by atoms with Gasteiger partial charge in [0.1, 0.15) is 17.0 Å². The zero-order chi connectivity index (χ0) is 21.3. The summed E-state index contributed by atoms with van der Waals surface area (Å²) in [5.74, 6) is -5.65. The van der Waals surface area contributed by atoms with Crippen molar-refractivity contribution in [2.75, 3.05) is 11.9 Å². The molecule has 4 rings (SSSR count). The lowest BCUT2D eigenvalue weighted by Crippen LogP contribution is -2.21. The first kappa shape index (κ1) is 19.8. The fourth-order valence-corrected chi connectivity index (χ4v) is 3.65. The van der Waals surface area contributed by atoms with E-state index < -0.39 is 35.7 Å².